The minimum Gasteiger partial charge on any atom is -0.508 e. The van der Waals surface area contributed by atoms with Crippen LogP contribution in [0.25, 0.3) is 0 Å². The molecule has 2 aliphatic rings. The molecule has 1 unspecified atom stereocenters. The molecule has 1 aromatic carbocycles. The third-order valence-corrected chi connectivity index (χ3v) is 3.81. The second kappa shape index (κ2) is 9.51. The molecular formula is C18H21NO8. The van der Waals surface area contributed by atoms with E-state index < -0.39 is 37.3 Å². The van der Waals surface area contributed by atoms with Crippen molar-refractivity contribution in [3.8, 4) is 5.75 Å². The zero-order valence-corrected chi connectivity index (χ0v) is 14.2. The van der Waals surface area contributed by atoms with Crippen LogP contribution in [0, 0.1) is 0 Å². The number of aliphatic hydroxyl groups excluding tert-OH is 5. The van der Waals surface area contributed by atoms with Gasteiger partial charge in [0, 0.05) is 0 Å². The van der Waals surface area contributed by atoms with Gasteiger partial charge in [-0.25, -0.2) is 4.99 Å². The van der Waals surface area contributed by atoms with Crippen LogP contribution >= 0.6 is 0 Å². The second-order valence-electron chi connectivity index (χ2n) is 5.84. The number of ketones is 1. The average molecular weight is 379 g/mol. The second-order valence-corrected chi connectivity index (χ2v) is 5.84. The van der Waals surface area contributed by atoms with Gasteiger partial charge in [0.05, 0.1) is 18.0 Å². The van der Waals surface area contributed by atoms with Gasteiger partial charge in [-0.1, -0.05) is 0 Å². The van der Waals surface area contributed by atoms with E-state index in [0.717, 1.165) is 11.4 Å². The summed E-state index contributed by atoms with van der Waals surface area (Å²) in [5.41, 5.74) is 1.46. The SMILES string of the molecule is O=C1C=CC(=Nc2ccc(O)cc2)C=C1.OC[C@H]1OC(O)[C@H](O)[C@@H](O)[C@H]1O. The molecule has 5 atom stereocenters. The monoisotopic (exact) mass is 379 g/mol. The zero-order valence-electron chi connectivity index (χ0n) is 14.2. The van der Waals surface area contributed by atoms with E-state index >= 15 is 0 Å². The molecular weight excluding hydrogens is 358 g/mol. The summed E-state index contributed by atoms with van der Waals surface area (Å²) in [5, 5.41) is 53.7. The number of aliphatic hydroxyl groups is 5. The Morgan fingerprint density at radius 3 is 2.04 bits per heavy atom. The minimum absolute atomic E-state index is 0.0281. The molecule has 0 bridgehead atoms. The molecule has 0 aromatic heterocycles. The van der Waals surface area contributed by atoms with Gasteiger partial charge in [0.2, 0.25) is 0 Å². The first-order valence-corrected chi connectivity index (χ1v) is 8.08. The van der Waals surface area contributed by atoms with Gasteiger partial charge in [-0.2, -0.15) is 0 Å². The Morgan fingerprint density at radius 2 is 1.48 bits per heavy atom. The number of phenolic OH excluding ortho intramolecular Hbond substituents is 1. The number of aromatic hydroxyl groups is 1. The Balaban J connectivity index is 0.000000199. The van der Waals surface area contributed by atoms with Gasteiger partial charge < -0.3 is 35.4 Å². The Morgan fingerprint density at radius 1 is 0.889 bits per heavy atom. The van der Waals surface area contributed by atoms with Crippen LogP contribution in [0.3, 0.4) is 0 Å². The normalized spacial score (nSPS) is 29.9. The lowest BCUT2D eigenvalue weighted by atomic mass is 10.00. The zero-order chi connectivity index (χ0) is 20.0. The number of aliphatic imine (C=N–C) groups is 1. The summed E-state index contributed by atoms with van der Waals surface area (Å²) in [6.07, 6.45) is -0.774. The Bertz CT molecular complexity index is 705. The highest BCUT2D eigenvalue weighted by Crippen LogP contribution is 2.19. The maximum atomic E-state index is 10.8. The summed E-state index contributed by atoms with van der Waals surface area (Å²) in [4.78, 5) is 15.1. The summed E-state index contributed by atoms with van der Waals surface area (Å²) >= 11 is 0. The lowest BCUT2D eigenvalue weighted by Gasteiger charge is -2.37. The van der Waals surface area contributed by atoms with Crippen molar-refractivity contribution in [2.24, 2.45) is 4.99 Å². The van der Waals surface area contributed by atoms with Gasteiger partial charge in [-0.3, -0.25) is 4.79 Å². The van der Waals surface area contributed by atoms with Gasteiger partial charge in [-0.15, -0.1) is 0 Å². The molecule has 0 saturated carbocycles. The molecule has 1 aliphatic heterocycles. The Kier molecular flexibility index (Phi) is 7.36. The van der Waals surface area contributed by atoms with Crippen LogP contribution in [0.2, 0.25) is 0 Å². The molecule has 1 aliphatic carbocycles. The molecule has 9 nitrogen and oxygen atoms in total. The highest BCUT2D eigenvalue weighted by molar-refractivity contribution is 6.17. The summed E-state index contributed by atoms with van der Waals surface area (Å²) in [5.74, 6) is 0.184. The van der Waals surface area contributed by atoms with Crippen LogP contribution in [0.5, 0.6) is 5.75 Å². The predicted octanol–water partition coefficient (Wildman–Crippen LogP) is -1.06. The summed E-state index contributed by atoms with van der Waals surface area (Å²) in [6, 6.07) is 6.56. The van der Waals surface area contributed by atoms with E-state index in [0.29, 0.717) is 0 Å². The van der Waals surface area contributed by atoms with Crippen LogP contribution in [0.15, 0.2) is 53.6 Å². The number of ether oxygens (including phenoxy) is 1. The number of rotatable bonds is 2. The number of carbonyl (C=O) groups is 1. The number of benzene rings is 1. The van der Waals surface area contributed by atoms with Gasteiger partial charge in [0.25, 0.3) is 0 Å². The number of phenols is 1. The fraction of sp³-hybridized carbons (Fsp3) is 0.333. The third-order valence-electron chi connectivity index (χ3n) is 3.81. The average Bonchev–Trinajstić information content (AvgIpc) is 2.67. The molecule has 9 heteroatoms. The van der Waals surface area contributed by atoms with Crippen molar-refractivity contribution in [2.75, 3.05) is 6.61 Å². The third kappa shape index (κ3) is 5.79. The number of allylic oxidation sites excluding steroid dienone is 4. The van der Waals surface area contributed by atoms with E-state index in [-0.39, 0.29) is 11.5 Å². The number of hydrogen-bond donors (Lipinski definition) is 6. The van der Waals surface area contributed by atoms with E-state index in [1.807, 2.05) is 0 Å². The molecule has 1 aromatic rings. The standard InChI is InChI=1S/C12H9NO2.C6H12O6/c14-11-5-1-9(2-6-11)13-10-3-7-12(15)8-4-10;7-1-2-3(8)4(9)5(10)6(11)12-2/h1-8,14H;2-11H,1H2/t;2-,3+,4+,5-,6?/m.1/s1. The fourth-order valence-electron chi connectivity index (χ4n) is 2.28. The van der Waals surface area contributed by atoms with Crippen LogP contribution in [-0.4, -0.2) is 79.4 Å². The molecule has 0 radical (unpaired) electrons. The molecule has 27 heavy (non-hydrogen) atoms. The number of nitrogens with zero attached hydrogens (tertiary/aromatic N) is 1. The molecule has 0 spiro atoms. The maximum absolute atomic E-state index is 10.8. The molecule has 3 rings (SSSR count). The molecule has 1 heterocycles. The molecule has 1 fully saturated rings. The summed E-state index contributed by atoms with van der Waals surface area (Å²) < 4.78 is 4.58. The van der Waals surface area contributed by atoms with Crippen molar-refractivity contribution >= 4 is 17.2 Å². The largest absolute Gasteiger partial charge is 0.508 e. The van der Waals surface area contributed by atoms with Crippen molar-refractivity contribution in [1.29, 1.82) is 0 Å². The van der Waals surface area contributed by atoms with Crippen LogP contribution in [0.1, 0.15) is 0 Å². The van der Waals surface area contributed by atoms with Crippen LogP contribution in [-0.2, 0) is 9.53 Å². The van der Waals surface area contributed by atoms with Crippen molar-refractivity contribution in [2.45, 2.75) is 30.7 Å². The maximum Gasteiger partial charge on any atom is 0.184 e. The smallest absolute Gasteiger partial charge is 0.184 e. The van der Waals surface area contributed by atoms with Crippen molar-refractivity contribution < 1.29 is 40.2 Å². The van der Waals surface area contributed by atoms with E-state index in [2.05, 4.69) is 9.73 Å². The summed E-state index contributed by atoms with van der Waals surface area (Å²) in [7, 11) is 0. The number of hydrogen-bond acceptors (Lipinski definition) is 9. The van der Waals surface area contributed by atoms with Crippen molar-refractivity contribution in [1.82, 2.24) is 0 Å². The van der Waals surface area contributed by atoms with Gasteiger partial charge in [0.15, 0.2) is 12.1 Å². The van der Waals surface area contributed by atoms with Crippen molar-refractivity contribution in [3.05, 3.63) is 48.6 Å². The highest BCUT2D eigenvalue weighted by Gasteiger charge is 2.42. The van der Waals surface area contributed by atoms with Crippen LogP contribution < -0.4 is 0 Å². The lowest BCUT2D eigenvalue weighted by Crippen LogP contribution is -2.58. The highest BCUT2D eigenvalue weighted by atomic mass is 16.6. The Hall–Kier alpha value is -2.40. The van der Waals surface area contributed by atoms with E-state index in [4.69, 9.17) is 30.6 Å². The first-order chi connectivity index (χ1) is 12.8. The topological polar surface area (TPSA) is 160 Å². The first-order valence-electron chi connectivity index (χ1n) is 8.08. The Labute approximate surface area is 154 Å². The van der Waals surface area contributed by atoms with Crippen molar-refractivity contribution in [3.63, 3.8) is 0 Å². The first kappa shape index (κ1) is 20.9. The van der Waals surface area contributed by atoms with E-state index in [9.17, 15) is 4.79 Å². The lowest BCUT2D eigenvalue weighted by molar-refractivity contribution is -0.286. The van der Waals surface area contributed by atoms with Gasteiger partial charge >= 0.3 is 0 Å². The molecule has 0 amide bonds. The van der Waals surface area contributed by atoms with Crippen LogP contribution in [0.4, 0.5) is 5.69 Å². The molecule has 6 N–H and O–H groups in total. The predicted molar refractivity (Wildman–Crippen MR) is 94.5 cm³/mol. The van der Waals surface area contributed by atoms with Gasteiger partial charge in [0.1, 0.15) is 30.2 Å². The van der Waals surface area contributed by atoms with E-state index in [1.54, 1.807) is 36.4 Å². The fourth-order valence-corrected chi connectivity index (χ4v) is 2.28. The van der Waals surface area contributed by atoms with E-state index in [1.165, 1.54) is 12.2 Å². The molecule has 1 saturated heterocycles. The minimum atomic E-state index is -1.57. The number of carbonyl (C=O) groups excluding carboxylic acids is 1. The van der Waals surface area contributed by atoms with Gasteiger partial charge in [-0.05, 0) is 48.6 Å². The quantitative estimate of drug-likeness (QED) is 0.355. The molecule has 146 valence electrons. The summed E-state index contributed by atoms with van der Waals surface area (Å²) in [6.45, 7) is -0.526.